The fourth-order valence-electron chi connectivity index (χ4n) is 10.8. The second-order valence-corrected chi connectivity index (χ2v) is 16.0. The Morgan fingerprint density at radius 1 is 0.755 bits per heavy atom. The molecule has 4 saturated carbocycles. The van der Waals surface area contributed by atoms with E-state index in [4.69, 9.17) is 36.1 Å². The molecular formula is C38H65N3O8. The predicted octanol–water partition coefficient (Wildman–Crippen LogP) is 4.80. The van der Waals surface area contributed by atoms with Crippen LogP contribution < -0.4 is 17.2 Å². The van der Waals surface area contributed by atoms with Gasteiger partial charge in [-0.1, -0.05) is 59.8 Å². The molecule has 280 valence electrons. The highest BCUT2D eigenvalue weighted by Gasteiger charge is 2.67. The lowest BCUT2D eigenvalue weighted by atomic mass is 9.43. The average Bonchev–Trinajstić information content (AvgIpc) is 3.45. The van der Waals surface area contributed by atoms with Gasteiger partial charge in [0.25, 0.3) is 0 Å². The van der Waals surface area contributed by atoms with Crippen LogP contribution in [0.4, 0.5) is 0 Å². The molecule has 0 aliphatic heterocycles. The molecule has 0 amide bonds. The molecule has 0 aromatic carbocycles. The van der Waals surface area contributed by atoms with Crippen molar-refractivity contribution in [3.05, 3.63) is 0 Å². The molecule has 11 heteroatoms. The van der Waals surface area contributed by atoms with E-state index < -0.39 is 23.3 Å². The van der Waals surface area contributed by atoms with E-state index in [1.165, 1.54) is 25.7 Å². The van der Waals surface area contributed by atoms with Crippen molar-refractivity contribution in [2.75, 3.05) is 26.2 Å². The maximum Gasteiger partial charge on any atom is 0.319 e. The van der Waals surface area contributed by atoms with Crippen LogP contribution in [0.1, 0.15) is 124 Å². The van der Waals surface area contributed by atoms with E-state index in [0.717, 1.165) is 38.5 Å². The molecule has 0 aromatic heterocycles. The lowest BCUT2D eigenvalue weighted by molar-refractivity contribution is -0.225. The van der Waals surface area contributed by atoms with Crippen LogP contribution in [0.3, 0.4) is 0 Å². The molecule has 49 heavy (non-hydrogen) atoms. The van der Waals surface area contributed by atoms with Crippen molar-refractivity contribution in [2.45, 2.75) is 142 Å². The first-order chi connectivity index (χ1) is 23.4. The Labute approximate surface area is 293 Å². The van der Waals surface area contributed by atoms with Gasteiger partial charge in [0.15, 0.2) is 0 Å². The fourth-order valence-corrected chi connectivity index (χ4v) is 10.8. The van der Waals surface area contributed by atoms with Crippen molar-refractivity contribution in [1.82, 2.24) is 0 Å². The molecule has 4 rings (SSSR count). The zero-order valence-corrected chi connectivity index (χ0v) is 30.6. The number of ether oxygens (including phenoxy) is 4. The van der Waals surface area contributed by atoms with Gasteiger partial charge in [-0.2, -0.15) is 0 Å². The van der Waals surface area contributed by atoms with Gasteiger partial charge in [0.1, 0.15) is 18.3 Å². The molecule has 6 N–H and O–H groups in total. The van der Waals surface area contributed by atoms with Crippen LogP contribution in [-0.4, -0.2) is 68.4 Å². The molecule has 11 atom stereocenters. The topological polar surface area (TPSA) is 183 Å². The smallest absolute Gasteiger partial charge is 0.319 e. The molecule has 11 nitrogen and oxygen atoms in total. The van der Waals surface area contributed by atoms with Crippen LogP contribution in [0.15, 0.2) is 0 Å². The predicted molar refractivity (Wildman–Crippen MR) is 186 cm³/mol. The second kappa shape index (κ2) is 17.8. The molecule has 0 spiro atoms. The van der Waals surface area contributed by atoms with E-state index in [1.807, 2.05) is 0 Å². The normalized spacial score (nSPS) is 35.7. The molecule has 0 bridgehead atoms. The van der Waals surface area contributed by atoms with E-state index in [9.17, 15) is 19.2 Å². The van der Waals surface area contributed by atoms with Crippen LogP contribution in [0.25, 0.3) is 0 Å². The second-order valence-electron chi connectivity index (χ2n) is 16.0. The van der Waals surface area contributed by atoms with E-state index in [-0.39, 0.29) is 84.8 Å². The van der Waals surface area contributed by atoms with Crippen molar-refractivity contribution < 1.29 is 38.1 Å². The third-order valence-corrected chi connectivity index (χ3v) is 13.4. The van der Waals surface area contributed by atoms with Crippen molar-refractivity contribution >= 4 is 23.9 Å². The van der Waals surface area contributed by atoms with Crippen LogP contribution >= 0.6 is 0 Å². The van der Waals surface area contributed by atoms with Crippen LogP contribution in [0, 0.1) is 46.3 Å². The number of carbonyl (C=O) groups excluding carboxylic acids is 4. The number of carbonyl (C=O) groups is 4. The number of nitrogens with two attached hydrogens (primary N) is 3. The van der Waals surface area contributed by atoms with Crippen molar-refractivity contribution in [2.24, 2.45) is 63.5 Å². The van der Waals surface area contributed by atoms with Gasteiger partial charge in [-0.15, -0.1) is 0 Å². The zero-order valence-electron chi connectivity index (χ0n) is 30.6. The Morgan fingerprint density at radius 3 is 2.10 bits per heavy atom. The number of unbranched alkanes of at least 4 members (excludes halogenated alkanes) is 5. The van der Waals surface area contributed by atoms with E-state index in [1.54, 1.807) is 0 Å². The Morgan fingerprint density at radius 2 is 1.41 bits per heavy atom. The van der Waals surface area contributed by atoms with E-state index in [2.05, 4.69) is 27.7 Å². The van der Waals surface area contributed by atoms with E-state index in [0.29, 0.717) is 38.7 Å². The van der Waals surface area contributed by atoms with Crippen LogP contribution in [0.2, 0.25) is 0 Å². The molecule has 4 aliphatic rings. The third-order valence-electron chi connectivity index (χ3n) is 13.4. The maximum atomic E-state index is 12.9. The summed E-state index contributed by atoms with van der Waals surface area (Å²) in [5.41, 5.74) is 16.6. The Balaban J connectivity index is 1.53. The summed E-state index contributed by atoms with van der Waals surface area (Å²) < 4.78 is 23.8. The van der Waals surface area contributed by atoms with Gasteiger partial charge in [-0.3, -0.25) is 19.2 Å². The summed E-state index contributed by atoms with van der Waals surface area (Å²) >= 11 is 0. The summed E-state index contributed by atoms with van der Waals surface area (Å²) in [6, 6.07) is 0. The largest absolute Gasteiger partial charge is 0.466 e. The number of hydrogen-bond donors (Lipinski definition) is 3. The monoisotopic (exact) mass is 691 g/mol. The first kappa shape index (κ1) is 39.5. The molecule has 4 fully saturated rings. The minimum absolute atomic E-state index is 0.0669. The fraction of sp³-hybridized carbons (Fsp3) is 0.895. The van der Waals surface area contributed by atoms with Crippen LogP contribution in [0.5, 0.6) is 0 Å². The van der Waals surface area contributed by atoms with Crippen molar-refractivity contribution in [1.29, 1.82) is 0 Å². The highest BCUT2D eigenvalue weighted by atomic mass is 16.6. The molecule has 2 unspecified atom stereocenters. The average molecular weight is 692 g/mol. The Bertz CT molecular complexity index is 1140. The summed E-state index contributed by atoms with van der Waals surface area (Å²) in [6.45, 7) is 8.92. The number of esters is 4. The summed E-state index contributed by atoms with van der Waals surface area (Å²) in [4.78, 5) is 50.5. The minimum atomic E-state index is -0.421. The van der Waals surface area contributed by atoms with Crippen LogP contribution in [-0.2, 0) is 38.1 Å². The third kappa shape index (κ3) is 8.98. The maximum absolute atomic E-state index is 12.9. The standard InChI is InChI=1S/C38H65N3O8/c1-5-6-7-8-9-10-17-46-32(42)14-11-24(2)27-12-13-28-36-29(20-31(38(27,28)4)49-35(45)23-41)37(3)16-15-26(47-33(43)21-39)18-25(37)19-30(36)48-34(44)22-40/h24-31,36H,5-23,39-41H2,1-4H3/t24-,25+,26-,27?,28+,29+,30-,31+,36?,37+,38-/m1/s1. The van der Waals surface area contributed by atoms with Gasteiger partial charge in [0.2, 0.25) is 0 Å². The minimum Gasteiger partial charge on any atom is -0.466 e. The molecule has 4 aliphatic carbocycles. The molecular weight excluding hydrogens is 626 g/mol. The highest BCUT2D eigenvalue weighted by molar-refractivity contribution is 5.72. The summed E-state index contributed by atoms with van der Waals surface area (Å²) in [5.74, 6) is -0.547. The van der Waals surface area contributed by atoms with Gasteiger partial charge in [-0.05, 0) is 92.8 Å². The van der Waals surface area contributed by atoms with Gasteiger partial charge in [0.05, 0.1) is 26.2 Å². The number of hydrogen-bond acceptors (Lipinski definition) is 11. The molecule has 0 aromatic rings. The van der Waals surface area contributed by atoms with Gasteiger partial charge in [-0.25, -0.2) is 0 Å². The van der Waals surface area contributed by atoms with Gasteiger partial charge >= 0.3 is 23.9 Å². The first-order valence-corrected chi connectivity index (χ1v) is 19.3. The SMILES string of the molecule is CCCCCCCCOC(=O)CC[C@@H](C)C1CC[C@H]2C3[C@H](OC(=O)CN)C[C@@H]4C[C@H](OC(=O)CN)CC[C@]4(C)[C@H]3C[C@H](OC(=O)CN)[C@]12C. The van der Waals surface area contributed by atoms with Gasteiger partial charge in [0, 0.05) is 17.8 Å². The van der Waals surface area contributed by atoms with E-state index >= 15 is 0 Å². The summed E-state index contributed by atoms with van der Waals surface area (Å²) in [6.07, 6.45) is 12.4. The Kier molecular flexibility index (Phi) is 14.4. The summed E-state index contributed by atoms with van der Waals surface area (Å²) in [7, 11) is 0. The van der Waals surface area contributed by atoms with Crippen molar-refractivity contribution in [3.8, 4) is 0 Å². The highest BCUT2D eigenvalue weighted by Crippen LogP contribution is 2.69. The number of fused-ring (bicyclic) bond motifs is 5. The first-order valence-electron chi connectivity index (χ1n) is 19.3. The molecule has 0 radical (unpaired) electrons. The lowest BCUT2D eigenvalue weighted by Crippen LogP contribution is -2.63. The van der Waals surface area contributed by atoms with Gasteiger partial charge < -0.3 is 36.1 Å². The Hall–Kier alpha value is -2.24. The molecule has 0 saturated heterocycles. The quantitative estimate of drug-likeness (QED) is 0.108. The van der Waals surface area contributed by atoms with Crippen molar-refractivity contribution in [3.63, 3.8) is 0 Å². The zero-order chi connectivity index (χ0) is 35.8. The number of rotatable bonds is 17. The molecule has 0 heterocycles. The lowest BCUT2D eigenvalue weighted by Gasteiger charge is -2.64. The summed E-state index contributed by atoms with van der Waals surface area (Å²) in [5, 5.41) is 0.